The molecule has 4 N–H and O–H groups in total. The van der Waals surface area contributed by atoms with Gasteiger partial charge in [0.05, 0.1) is 11.4 Å². The number of nitrogens with zero attached hydrogens (tertiary/aromatic N) is 1. The maximum absolute atomic E-state index is 11.8. The zero-order valence-corrected chi connectivity index (χ0v) is 11.4. The molecule has 106 valence electrons. The summed E-state index contributed by atoms with van der Waals surface area (Å²) in [6.45, 7) is 0.364. The molecule has 0 saturated heterocycles. The van der Waals surface area contributed by atoms with Gasteiger partial charge in [-0.15, -0.1) is 0 Å². The van der Waals surface area contributed by atoms with Gasteiger partial charge in [0.15, 0.2) is 5.84 Å². The van der Waals surface area contributed by atoms with Crippen LogP contribution in [0.3, 0.4) is 0 Å². The van der Waals surface area contributed by atoms with Crippen LogP contribution in [0.15, 0.2) is 29.4 Å². The smallest absolute Gasteiger partial charge is 0.232 e. The first kappa shape index (κ1) is 15.3. The SMILES string of the molecule is COCCCS(=O)(=O)Nc1ccccc1C(N)=NO. The van der Waals surface area contributed by atoms with Crippen molar-refractivity contribution in [1.82, 2.24) is 0 Å². The topological polar surface area (TPSA) is 114 Å². The van der Waals surface area contributed by atoms with E-state index in [9.17, 15) is 8.42 Å². The minimum absolute atomic E-state index is 0.0641. The minimum Gasteiger partial charge on any atom is -0.409 e. The molecule has 0 bridgehead atoms. The van der Waals surface area contributed by atoms with Crippen LogP contribution >= 0.6 is 0 Å². The number of amidine groups is 1. The molecule has 1 aromatic carbocycles. The van der Waals surface area contributed by atoms with E-state index in [1.54, 1.807) is 24.3 Å². The maximum Gasteiger partial charge on any atom is 0.232 e. The summed E-state index contributed by atoms with van der Waals surface area (Å²) in [7, 11) is -1.99. The molecule has 0 unspecified atom stereocenters. The Morgan fingerprint density at radius 3 is 2.79 bits per heavy atom. The summed E-state index contributed by atoms with van der Waals surface area (Å²) in [4.78, 5) is 0. The van der Waals surface area contributed by atoms with Crippen LogP contribution in [-0.2, 0) is 14.8 Å². The second-order valence-electron chi connectivity index (χ2n) is 3.80. The Bertz CT molecular complexity index is 543. The standard InChI is InChI=1S/C11H17N3O4S/c1-18-7-4-8-19(16,17)14-10-6-3-2-5-9(10)11(12)13-15/h2-3,5-6,14-15H,4,7-8H2,1H3,(H2,12,13). The number of sulfonamides is 1. The Morgan fingerprint density at radius 1 is 1.47 bits per heavy atom. The normalized spacial score (nSPS) is 12.4. The molecule has 8 heteroatoms. The van der Waals surface area contributed by atoms with Crippen LogP contribution in [-0.4, -0.2) is 38.9 Å². The first-order chi connectivity index (χ1) is 9.00. The van der Waals surface area contributed by atoms with E-state index in [4.69, 9.17) is 15.7 Å². The van der Waals surface area contributed by atoms with Gasteiger partial charge >= 0.3 is 0 Å². The molecule has 0 heterocycles. The number of anilines is 1. The average Bonchev–Trinajstić information content (AvgIpc) is 2.38. The van der Waals surface area contributed by atoms with Crippen LogP contribution in [0.25, 0.3) is 0 Å². The van der Waals surface area contributed by atoms with Gasteiger partial charge in [-0.1, -0.05) is 17.3 Å². The molecule has 0 fully saturated rings. The third kappa shape index (κ3) is 4.76. The number of rotatable bonds is 7. The number of ether oxygens (including phenoxy) is 1. The van der Waals surface area contributed by atoms with Gasteiger partial charge in [0.2, 0.25) is 10.0 Å². The highest BCUT2D eigenvalue weighted by Crippen LogP contribution is 2.16. The molecule has 1 aromatic rings. The Kier molecular flexibility index (Phi) is 5.58. The lowest BCUT2D eigenvalue weighted by atomic mass is 10.2. The fourth-order valence-electron chi connectivity index (χ4n) is 1.46. The first-order valence-corrected chi connectivity index (χ1v) is 7.21. The summed E-state index contributed by atoms with van der Waals surface area (Å²) < 4.78 is 30.9. The Hall–Kier alpha value is -1.80. The first-order valence-electron chi connectivity index (χ1n) is 5.56. The van der Waals surface area contributed by atoms with E-state index in [1.807, 2.05) is 0 Å². The number of benzene rings is 1. The van der Waals surface area contributed by atoms with Crippen LogP contribution in [0.5, 0.6) is 0 Å². The third-order valence-corrected chi connectivity index (χ3v) is 3.69. The molecule has 19 heavy (non-hydrogen) atoms. The highest BCUT2D eigenvalue weighted by molar-refractivity contribution is 7.92. The highest BCUT2D eigenvalue weighted by Gasteiger charge is 2.14. The highest BCUT2D eigenvalue weighted by atomic mass is 32.2. The lowest BCUT2D eigenvalue weighted by molar-refractivity contribution is 0.199. The Morgan fingerprint density at radius 2 is 2.16 bits per heavy atom. The van der Waals surface area contributed by atoms with Crippen molar-refractivity contribution in [2.24, 2.45) is 10.9 Å². The fraction of sp³-hybridized carbons (Fsp3) is 0.364. The van der Waals surface area contributed by atoms with Crippen LogP contribution in [0.4, 0.5) is 5.69 Å². The maximum atomic E-state index is 11.8. The lowest BCUT2D eigenvalue weighted by Gasteiger charge is -2.11. The number of para-hydroxylation sites is 1. The van der Waals surface area contributed by atoms with Gasteiger partial charge in [-0.05, 0) is 18.6 Å². The van der Waals surface area contributed by atoms with E-state index in [-0.39, 0.29) is 17.3 Å². The van der Waals surface area contributed by atoms with Gasteiger partial charge in [0.25, 0.3) is 0 Å². The van der Waals surface area contributed by atoms with Crippen molar-refractivity contribution in [2.45, 2.75) is 6.42 Å². The van der Waals surface area contributed by atoms with Gasteiger partial charge in [-0.25, -0.2) is 8.42 Å². The lowest BCUT2D eigenvalue weighted by Crippen LogP contribution is -2.21. The van der Waals surface area contributed by atoms with Crippen LogP contribution in [0.1, 0.15) is 12.0 Å². The van der Waals surface area contributed by atoms with Crippen LogP contribution in [0, 0.1) is 0 Å². The van der Waals surface area contributed by atoms with Gasteiger partial charge < -0.3 is 15.7 Å². The van der Waals surface area contributed by atoms with Gasteiger partial charge in [-0.2, -0.15) is 0 Å². The zero-order valence-electron chi connectivity index (χ0n) is 10.5. The fourth-order valence-corrected chi connectivity index (χ4v) is 2.57. The molecule has 0 radical (unpaired) electrons. The average molecular weight is 287 g/mol. The molecule has 0 atom stereocenters. The summed E-state index contributed by atoms with van der Waals surface area (Å²) in [5, 5.41) is 11.5. The molecule has 0 amide bonds. The predicted molar refractivity (Wildman–Crippen MR) is 72.9 cm³/mol. The van der Waals surface area contributed by atoms with E-state index < -0.39 is 10.0 Å². The van der Waals surface area contributed by atoms with Crippen molar-refractivity contribution in [3.05, 3.63) is 29.8 Å². The van der Waals surface area contributed by atoms with E-state index in [1.165, 1.54) is 7.11 Å². The molecular weight excluding hydrogens is 270 g/mol. The number of hydrogen-bond acceptors (Lipinski definition) is 5. The number of nitrogens with one attached hydrogen (secondary N) is 1. The number of hydrogen-bond donors (Lipinski definition) is 3. The van der Waals surface area contributed by atoms with Crippen LogP contribution in [0.2, 0.25) is 0 Å². The van der Waals surface area contributed by atoms with Crippen molar-refractivity contribution in [2.75, 3.05) is 24.2 Å². The van der Waals surface area contributed by atoms with Crippen molar-refractivity contribution < 1.29 is 18.4 Å². The molecule has 0 aromatic heterocycles. The monoisotopic (exact) mass is 287 g/mol. The largest absolute Gasteiger partial charge is 0.409 e. The van der Waals surface area contributed by atoms with E-state index in [0.29, 0.717) is 18.6 Å². The number of oxime groups is 1. The summed E-state index contributed by atoms with van der Waals surface area (Å²) >= 11 is 0. The molecule has 0 aliphatic heterocycles. The Balaban J connectivity index is 2.87. The summed E-state index contributed by atoms with van der Waals surface area (Å²) in [6.07, 6.45) is 0.386. The molecule has 0 aliphatic rings. The zero-order chi connectivity index (χ0) is 14.3. The van der Waals surface area contributed by atoms with Crippen molar-refractivity contribution in [1.29, 1.82) is 0 Å². The molecular formula is C11H17N3O4S. The van der Waals surface area contributed by atoms with Crippen molar-refractivity contribution in [3.63, 3.8) is 0 Å². The van der Waals surface area contributed by atoms with Gasteiger partial charge in [0, 0.05) is 19.3 Å². The van der Waals surface area contributed by atoms with Gasteiger partial charge in [-0.3, -0.25) is 4.72 Å². The second-order valence-corrected chi connectivity index (χ2v) is 5.64. The molecule has 1 rings (SSSR count). The van der Waals surface area contributed by atoms with Crippen LogP contribution < -0.4 is 10.5 Å². The summed E-state index contributed by atoms with van der Waals surface area (Å²) in [5.41, 5.74) is 6.07. The second kappa shape index (κ2) is 6.95. The molecule has 0 spiro atoms. The number of methoxy groups -OCH3 is 1. The predicted octanol–water partition coefficient (Wildman–Crippen LogP) is 0.559. The summed E-state index contributed by atoms with van der Waals surface area (Å²) in [6, 6.07) is 6.42. The van der Waals surface area contributed by atoms with E-state index in [2.05, 4.69) is 9.88 Å². The third-order valence-electron chi connectivity index (χ3n) is 2.34. The molecule has 7 nitrogen and oxygen atoms in total. The number of nitrogens with two attached hydrogens (primary N) is 1. The van der Waals surface area contributed by atoms with Crippen molar-refractivity contribution in [3.8, 4) is 0 Å². The van der Waals surface area contributed by atoms with E-state index >= 15 is 0 Å². The Labute approximate surface area is 112 Å². The van der Waals surface area contributed by atoms with Crippen molar-refractivity contribution >= 4 is 21.5 Å². The quantitative estimate of drug-likeness (QED) is 0.223. The van der Waals surface area contributed by atoms with Gasteiger partial charge in [0.1, 0.15) is 0 Å². The summed E-state index contributed by atoms with van der Waals surface area (Å²) in [5.74, 6) is -0.221. The minimum atomic E-state index is -3.49. The van der Waals surface area contributed by atoms with E-state index in [0.717, 1.165) is 0 Å². The molecule has 0 aliphatic carbocycles. The molecule has 0 saturated carbocycles.